The Hall–Kier alpha value is -1.61. The molecular weight excluding hydrogens is 212 g/mol. The lowest BCUT2D eigenvalue weighted by atomic mass is 10.0. The topological polar surface area (TPSA) is 46.3 Å². The number of benzene rings is 1. The summed E-state index contributed by atoms with van der Waals surface area (Å²) in [6, 6.07) is 9.43. The summed E-state index contributed by atoms with van der Waals surface area (Å²) >= 11 is 0. The van der Waals surface area contributed by atoms with Crippen LogP contribution in [0, 0.1) is 0 Å². The SMILES string of the molecule is C=C(C)CN(C)C(=O)CC(N)c1ccccc1. The van der Waals surface area contributed by atoms with Gasteiger partial charge in [0.25, 0.3) is 0 Å². The van der Waals surface area contributed by atoms with Crippen LogP contribution in [0.25, 0.3) is 0 Å². The van der Waals surface area contributed by atoms with Gasteiger partial charge in [-0.1, -0.05) is 42.5 Å². The van der Waals surface area contributed by atoms with Crippen molar-refractivity contribution >= 4 is 5.91 Å². The molecule has 0 aromatic heterocycles. The number of carbonyl (C=O) groups excluding carboxylic acids is 1. The fourth-order valence-corrected chi connectivity index (χ4v) is 1.66. The third-order valence-corrected chi connectivity index (χ3v) is 2.56. The summed E-state index contributed by atoms with van der Waals surface area (Å²) in [4.78, 5) is 13.5. The summed E-state index contributed by atoms with van der Waals surface area (Å²) in [5, 5.41) is 0. The number of carbonyl (C=O) groups is 1. The molecule has 1 amide bonds. The summed E-state index contributed by atoms with van der Waals surface area (Å²) in [5.74, 6) is 0.0457. The van der Waals surface area contributed by atoms with Gasteiger partial charge in [-0.25, -0.2) is 0 Å². The average molecular weight is 232 g/mol. The standard InChI is InChI=1S/C14H20N2O/c1-11(2)10-16(3)14(17)9-13(15)12-7-5-4-6-8-12/h4-8,13H,1,9-10,15H2,2-3H3. The molecule has 3 heteroatoms. The molecule has 0 bridgehead atoms. The van der Waals surface area contributed by atoms with E-state index in [0.29, 0.717) is 13.0 Å². The Morgan fingerprint density at radius 3 is 2.53 bits per heavy atom. The second-order valence-corrected chi connectivity index (χ2v) is 4.43. The molecule has 3 nitrogen and oxygen atoms in total. The first kappa shape index (κ1) is 13.5. The van der Waals surface area contributed by atoms with Crippen LogP contribution >= 0.6 is 0 Å². The van der Waals surface area contributed by atoms with E-state index < -0.39 is 0 Å². The van der Waals surface area contributed by atoms with Gasteiger partial charge in [-0.15, -0.1) is 0 Å². The molecule has 0 saturated heterocycles. The fraction of sp³-hybridized carbons (Fsp3) is 0.357. The largest absolute Gasteiger partial charge is 0.342 e. The van der Waals surface area contributed by atoms with Gasteiger partial charge in [0.05, 0.1) is 0 Å². The Labute approximate surface area is 103 Å². The molecule has 0 heterocycles. The number of nitrogens with two attached hydrogens (primary N) is 1. The van der Waals surface area contributed by atoms with E-state index in [9.17, 15) is 4.79 Å². The van der Waals surface area contributed by atoms with Gasteiger partial charge in [0.1, 0.15) is 0 Å². The smallest absolute Gasteiger partial charge is 0.224 e. The van der Waals surface area contributed by atoms with Gasteiger partial charge >= 0.3 is 0 Å². The van der Waals surface area contributed by atoms with Gasteiger partial charge in [0, 0.05) is 26.1 Å². The highest BCUT2D eigenvalue weighted by molar-refractivity contribution is 5.77. The third-order valence-electron chi connectivity index (χ3n) is 2.56. The van der Waals surface area contributed by atoms with Crippen LogP contribution in [0.4, 0.5) is 0 Å². The van der Waals surface area contributed by atoms with E-state index in [-0.39, 0.29) is 11.9 Å². The Morgan fingerprint density at radius 2 is 2.00 bits per heavy atom. The third kappa shape index (κ3) is 4.41. The number of rotatable bonds is 5. The number of hydrogen-bond acceptors (Lipinski definition) is 2. The number of nitrogens with zero attached hydrogens (tertiary/aromatic N) is 1. The molecule has 0 aliphatic carbocycles. The van der Waals surface area contributed by atoms with Crippen LogP contribution in [0.3, 0.4) is 0 Å². The molecular formula is C14H20N2O. The second kappa shape index (κ2) is 6.21. The van der Waals surface area contributed by atoms with E-state index >= 15 is 0 Å². The van der Waals surface area contributed by atoms with Crippen molar-refractivity contribution in [3.8, 4) is 0 Å². The Morgan fingerprint density at radius 1 is 1.41 bits per heavy atom. The molecule has 0 aliphatic heterocycles. The summed E-state index contributed by atoms with van der Waals surface area (Å²) in [6.07, 6.45) is 0.327. The highest BCUT2D eigenvalue weighted by atomic mass is 16.2. The molecule has 0 aliphatic rings. The molecule has 1 aromatic rings. The predicted octanol–water partition coefficient (Wildman–Crippen LogP) is 2.11. The van der Waals surface area contributed by atoms with Gasteiger partial charge in [0.15, 0.2) is 0 Å². The van der Waals surface area contributed by atoms with E-state index in [1.54, 1.807) is 11.9 Å². The minimum atomic E-state index is -0.240. The Kier molecular flexibility index (Phi) is 4.91. The molecule has 2 N–H and O–H groups in total. The van der Waals surface area contributed by atoms with E-state index in [4.69, 9.17) is 5.73 Å². The molecule has 0 saturated carbocycles. The van der Waals surface area contributed by atoms with Crippen LogP contribution in [0.2, 0.25) is 0 Å². The molecule has 1 unspecified atom stereocenters. The van der Waals surface area contributed by atoms with Crippen molar-refractivity contribution in [1.29, 1.82) is 0 Å². The summed E-state index contributed by atoms with van der Waals surface area (Å²) in [6.45, 7) is 6.28. The summed E-state index contributed by atoms with van der Waals surface area (Å²) in [5.41, 5.74) is 7.95. The van der Waals surface area contributed by atoms with Crippen molar-refractivity contribution in [3.05, 3.63) is 48.0 Å². The molecule has 1 atom stereocenters. The number of amides is 1. The van der Waals surface area contributed by atoms with Crippen molar-refractivity contribution in [2.75, 3.05) is 13.6 Å². The van der Waals surface area contributed by atoms with E-state index in [0.717, 1.165) is 11.1 Å². The maximum atomic E-state index is 11.9. The highest BCUT2D eigenvalue weighted by Crippen LogP contribution is 2.14. The zero-order valence-electron chi connectivity index (χ0n) is 10.5. The van der Waals surface area contributed by atoms with Crippen LogP contribution in [0.5, 0.6) is 0 Å². The second-order valence-electron chi connectivity index (χ2n) is 4.43. The average Bonchev–Trinajstić information content (AvgIpc) is 2.29. The number of likely N-dealkylation sites (N-methyl/N-ethyl adjacent to an activating group) is 1. The molecule has 0 spiro atoms. The zero-order valence-corrected chi connectivity index (χ0v) is 10.5. The van der Waals surface area contributed by atoms with Crippen molar-refractivity contribution in [2.24, 2.45) is 5.73 Å². The van der Waals surface area contributed by atoms with E-state index in [1.165, 1.54) is 0 Å². The first-order valence-electron chi connectivity index (χ1n) is 5.69. The van der Waals surface area contributed by atoms with Crippen LogP contribution in [0.1, 0.15) is 24.9 Å². The van der Waals surface area contributed by atoms with Gasteiger partial charge < -0.3 is 10.6 Å². The van der Waals surface area contributed by atoms with Gasteiger partial charge in [-0.3, -0.25) is 4.79 Å². The van der Waals surface area contributed by atoms with Crippen LogP contribution < -0.4 is 5.73 Å². The van der Waals surface area contributed by atoms with Gasteiger partial charge in [-0.05, 0) is 12.5 Å². The number of hydrogen-bond donors (Lipinski definition) is 1. The van der Waals surface area contributed by atoms with E-state index in [2.05, 4.69) is 6.58 Å². The zero-order chi connectivity index (χ0) is 12.8. The fourth-order valence-electron chi connectivity index (χ4n) is 1.66. The predicted molar refractivity (Wildman–Crippen MR) is 70.4 cm³/mol. The Bertz CT molecular complexity index is 386. The lowest BCUT2D eigenvalue weighted by Gasteiger charge is -2.19. The van der Waals surface area contributed by atoms with Crippen LogP contribution in [-0.2, 0) is 4.79 Å². The molecule has 92 valence electrons. The van der Waals surface area contributed by atoms with Gasteiger partial charge in [0.2, 0.25) is 5.91 Å². The maximum absolute atomic E-state index is 11.9. The first-order chi connectivity index (χ1) is 8.00. The minimum absolute atomic E-state index is 0.0457. The van der Waals surface area contributed by atoms with Crippen molar-refractivity contribution in [2.45, 2.75) is 19.4 Å². The molecule has 1 aromatic carbocycles. The monoisotopic (exact) mass is 232 g/mol. The van der Waals surface area contributed by atoms with Crippen molar-refractivity contribution in [3.63, 3.8) is 0 Å². The molecule has 0 radical (unpaired) electrons. The summed E-state index contributed by atoms with van der Waals surface area (Å²) < 4.78 is 0. The lowest BCUT2D eigenvalue weighted by molar-refractivity contribution is -0.129. The molecule has 1 rings (SSSR count). The van der Waals surface area contributed by atoms with Crippen LogP contribution in [-0.4, -0.2) is 24.4 Å². The quantitative estimate of drug-likeness (QED) is 0.790. The minimum Gasteiger partial charge on any atom is -0.342 e. The lowest BCUT2D eigenvalue weighted by Crippen LogP contribution is -2.31. The van der Waals surface area contributed by atoms with Gasteiger partial charge in [-0.2, -0.15) is 0 Å². The molecule has 0 fully saturated rings. The normalized spacial score (nSPS) is 11.9. The van der Waals surface area contributed by atoms with Crippen molar-refractivity contribution < 1.29 is 4.79 Å². The van der Waals surface area contributed by atoms with Crippen molar-refractivity contribution in [1.82, 2.24) is 4.90 Å². The Balaban J connectivity index is 2.54. The maximum Gasteiger partial charge on any atom is 0.224 e. The first-order valence-corrected chi connectivity index (χ1v) is 5.69. The highest BCUT2D eigenvalue weighted by Gasteiger charge is 2.14. The molecule has 17 heavy (non-hydrogen) atoms. The summed E-state index contributed by atoms with van der Waals surface area (Å²) in [7, 11) is 1.77. The van der Waals surface area contributed by atoms with E-state index in [1.807, 2.05) is 37.3 Å². The van der Waals surface area contributed by atoms with Crippen LogP contribution in [0.15, 0.2) is 42.5 Å².